The Labute approximate surface area is 110 Å². The van der Waals surface area contributed by atoms with Gasteiger partial charge in [-0.05, 0) is 18.1 Å². The van der Waals surface area contributed by atoms with E-state index in [1.54, 1.807) is 19.9 Å². The molecule has 0 bridgehead atoms. The molecule has 0 aromatic carbocycles. The standard InChI is InChI=1S/C13H14N2O4/c1-7(2)9(6-10(16)17)15-12(18)8-4-3-5-14-11(8)13(15)19/h3-5,7,9H,6H2,1-2H3,(H,16,17). The van der Waals surface area contributed by atoms with E-state index in [2.05, 4.69) is 4.98 Å². The summed E-state index contributed by atoms with van der Waals surface area (Å²) >= 11 is 0. The Hall–Kier alpha value is -2.24. The molecule has 0 saturated heterocycles. The molecule has 0 spiro atoms. The number of aromatic nitrogens is 1. The number of amides is 2. The molecule has 2 rings (SSSR count). The maximum atomic E-state index is 12.2. The first-order valence-electron chi connectivity index (χ1n) is 5.98. The molecule has 1 aliphatic rings. The van der Waals surface area contributed by atoms with Crippen LogP contribution in [0.4, 0.5) is 0 Å². The van der Waals surface area contributed by atoms with E-state index in [4.69, 9.17) is 5.11 Å². The average Bonchev–Trinajstić information content (AvgIpc) is 2.60. The molecule has 0 saturated carbocycles. The number of hydrogen-bond acceptors (Lipinski definition) is 4. The molecule has 19 heavy (non-hydrogen) atoms. The number of fused-ring (bicyclic) bond motifs is 1. The van der Waals surface area contributed by atoms with Crippen LogP contribution in [-0.4, -0.2) is 38.8 Å². The Morgan fingerprint density at radius 2 is 2.05 bits per heavy atom. The smallest absolute Gasteiger partial charge is 0.305 e. The zero-order valence-electron chi connectivity index (χ0n) is 10.7. The molecule has 6 nitrogen and oxygen atoms in total. The molecule has 1 aromatic rings. The number of carbonyl (C=O) groups is 3. The minimum atomic E-state index is -1.04. The maximum absolute atomic E-state index is 12.2. The van der Waals surface area contributed by atoms with E-state index in [1.165, 1.54) is 12.3 Å². The predicted molar refractivity (Wildman–Crippen MR) is 65.6 cm³/mol. The van der Waals surface area contributed by atoms with E-state index in [0.717, 1.165) is 4.90 Å². The molecular formula is C13H14N2O4. The molecule has 1 unspecified atom stereocenters. The predicted octanol–water partition coefficient (Wildman–Crippen LogP) is 1.18. The van der Waals surface area contributed by atoms with Crippen molar-refractivity contribution in [2.24, 2.45) is 5.92 Å². The van der Waals surface area contributed by atoms with Crippen LogP contribution in [0, 0.1) is 5.92 Å². The van der Waals surface area contributed by atoms with Crippen molar-refractivity contribution >= 4 is 17.8 Å². The highest BCUT2D eigenvalue weighted by Gasteiger charge is 2.42. The van der Waals surface area contributed by atoms with Gasteiger partial charge in [0.1, 0.15) is 5.69 Å². The lowest BCUT2D eigenvalue weighted by molar-refractivity contribution is -0.138. The van der Waals surface area contributed by atoms with Gasteiger partial charge in [0.15, 0.2) is 0 Å². The van der Waals surface area contributed by atoms with Gasteiger partial charge in [-0.1, -0.05) is 13.8 Å². The van der Waals surface area contributed by atoms with Crippen LogP contribution in [0.1, 0.15) is 41.1 Å². The van der Waals surface area contributed by atoms with Gasteiger partial charge >= 0.3 is 5.97 Å². The Bertz CT molecular complexity index is 518. The van der Waals surface area contributed by atoms with Gasteiger partial charge in [-0.2, -0.15) is 0 Å². The summed E-state index contributed by atoms with van der Waals surface area (Å²) in [6.45, 7) is 3.56. The molecule has 1 N–H and O–H groups in total. The van der Waals surface area contributed by atoms with Crippen LogP contribution in [0.2, 0.25) is 0 Å². The summed E-state index contributed by atoms with van der Waals surface area (Å²) < 4.78 is 0. The van der Waals surface area contributed by atoms with Crippen LogP contribution in [0.15, 0.2) is 18.3 Å². The fraction of sp³-hybridized carbons (Fsp3) is 0.385. The molecular weight excluding hydrogens is 248 g/mol. The molecule has 1 atom stereocenters. The van der Waals surface area contributed by atoms with Gasteiger partial charge in [0.2, 0.25) is 0 Å². The summed E-state index contributed by atoms with van der Waals surface area (Å²) in [7, 11) is 0. The first-order chi connectivity index (χ1) is 8.93. The SMILES string of the molecule is CC(C)C(CC(=O)O)N1C(=O)c2cccnc2C1=O. The van der Waals surface area contributed by atoms with Crippen LogP contribution in [0.5, 0.6) is 0 Å². The minimum absolute atomic E-state index is 0.100. The van der Waals surface area contributed by atoms with E-state index < -0.39 is 23.8 Å². The van der Waals surface area contributed by atoms with Gasteiger partial charge < -0.3 is 5.11 Å². The number of carboxylic acid groups (broad SMARTS) is 1. The third-order valence-corrected chi connectivity index (χ3v) is 3.16. The van der Waals surface area contributed by atoms with Crippen molar-refractivity contribution in [2.45, 2.75) is 26.3 Å². The minimum Gasteiger partial charge on any atom is -0.481 e. The van der Waals surface area contributed by atoms with Crippen molar-refractivity contribution < 1.29 is 19.5 Å². The number of rotatable bonds is 4. The summed E-state index contributed by atoms with van der Waals surface area (Å²) in [5.74, 6) is -2.16. The van der Waals surface area contributed by atoms with E-state index in [1.807, 2.05) is 0 Å². The fourth-order valence-electron chi connectivity index (χ4n) is 2.19. The molecule has 100 valence electrons. The monoisotopic (exact) mass is 262 g/mol. The van der Waals surface area contributed by atoms with Crippen molar-refractivity contribution in [3.05, 3.63) is 29.6 Å². The van der Waals surface area contributed by atoms with Crippen LogP contribution < -0.4 is 0 Å². The van der Waals surface area contributed by atoms with E-state index >= 15 is 0 Å². The quantitative estimate of drug-likeness (QED) is 0.823. The molecule has 1 aliphatic heterocycles. The number of aliphatic carboxylic acids is 1. The van der Waals surface area contributed by atoms with Gasteiger partial charge in [-0.25, -0.2) is 0 Å². The number of imide groups is 1. The zero-order chi connectivity index (χ0) is 14.2. The number of pyridine rings is 1. The summed E-state index contributed by atoms with van der Waals surface area (Å²) in [6, 6.07) is 2.45. The lowest BCUT2D eigenvalue weighted by Gasteiger charge is -2.27. The topological polar surface area (TPSA) is 87.6 Å². The Kier molecular flexibility index (Phi) is 3.33. The van der Waals surface area contributed by atoms with Crippen molar-refractivity contribution in [3.8, 4) is 0 Å². The van der Waals surface area contributed by atoms with Gasteiger partial charge in [-0.3, -0.25) is 24.3 Å². The van der Waals surface area contributed by atoms with Crippen molar-refractivity contribution in [1.29, 1.82) is 0 Å². The second-order valence-corrected chi connectivity index (χ2v) is 4.79. The zero-order valence-corrected chi connectivity index (χ0v) is 10.7. The first kappa shape index (κ1) is 13.2. The summed E-state index contributed by atoms with van der Waals surface area (Å²) in [5.41, 5.74) is 0.340. The third-order valence-electron chi connectivity index (χ3n) is 3.16. The van der Waals surface area contributed by atoms with E-state index in [0.29, 0.717) is 0 Å². The highest BCUT2D eigenvalue weighted by atomic mass is 16.4. The third kappa shape index (κ3) is 2.21. The molecule has 2 heterocycles. The molecule has 0 fully saturated rings. The van der Waals surface area contributed by atoms with Crippen LogP contribution >= 0.6 is 0 Å². The number of carboxylic acids is 1. The van der Waals surface area contributed by atoms with Crippen LogP contribution in [0.25, 0.3) is 0 Å². The summed E-state index contributed by atoms with van der Waals surface area (Å²) in [4.78, 5) is 40.2. The van der Waals surface area contributed by atoms with E-state index in [9.17, 15) is 14.4 Å². The van der Waals surface area contributed by atoms with Gasteiger partial charge in [-0.15, -0.1) is 0 Å². The summed E-state index contributed by atoms with van der Waals surface area (Å²) in [6.07, 6.45) is 1.18. The second-order valence-electron chi connectivity index (χ2n) is 4.79. The van der Waals surface area contributed by atoms with Crippen molar-refractivity contribution in [3.63, 3.8) is 0 Å². The molecule has 0 aliphatic carbocycles. The second kappa shape index (κ2) is 4.79. The highest BCUT2D eigenvalue weighted by Crippen LogP contribution is 2.27. The van der Waals surface area contributed by atoms with Crippen molar-refractivity contribution in [2.75, 3.05) is 0 Å². The van der Waals surface area contributed by atoms with Gasteiger partial charge in [0.05, 0.1) is 18.0 Å². The first-order valence-corrected chi connectivity index (χ1v) is 5.98. The molecule has 2 amide bonds. The summed E-state index contributed by atoms with van der Waals surface area (Å²) in [5, 5.41) is 8.92. The highest BCUT2D eigenvalue weighted by molar-refractivity contribution is 6.20. The fourth-order valence-corrected chi connectivity index (χ4v) is 2.19. The Balaban J connectivity index is 2.39. The average molecular weight is 262 g/mol. The number of nitrogens with zero attached hydrogens (tertiary/aromatic N) is 2. The van der Waals surface area contributed by atoms with E-state index in [-0.39, 0.29) is 23.6 Å². The largest absolute Gasteiger partial charge is 0.481 e. The lowest BCUT2D eigenvalue weighted by atomic mass is 9.99. The van der Waals surface area contributed by atoms with Crippen LogP contribution in [-0.2, 0) is 4.79 Å². The number of carbonyl (C=O) groups excluding carboxylic acids is 2. The van der Waals surface area contributed by atoms with Crippen molar-refractivity contribution in [1.82, 2.24) is 9.88 Å². The van der Waals surface area contributed by atoms with Gasteiger partial charge in [0.25, 0.3) is 11.8 Å². The maximum Gasteiger partial charge on any atom is 0.305 e. The van der Waals surface area contributed by atoms with Crippen LogP contribution in [0.3, 0.4) is 0 Å². The normalized spacial score (nSPS) is 15.8. The molecule has 1 aromatic heterocycles. The Morgan fingerprint density at radius 3 is 2.58 bits per heavy atom. The van der Waals surface area contributed by atoms with Gasteiger partial charge in [0, 0.05) is 6.20 Å². The molecule has 0 radical (unpaired) electrons. The Morgan fingerprint density at radius 1 is 1.37 bits per heavy atom. The lowest BCUT2D eigenvalue weighted by Crippen LogP contribution is -2.44. The molecule has 6 heteroatoms. The number of hydrogen-bond donors (Lipinski definition) is 1.